The van der Waals surface area contributed by atoms with Crippen LogP contribution < -0.4 is 0 Å². The van der Waals surface area contributed by atoms with Gasteiger partial charge in [0.05, 0.1) is 6.10 Å². The van der Waals surface area contributed by atoms with Crippen LogP contribution in [0.3, 0.4) is 0 Å². The molecule has 24 heavy (non-hydrogen) atoms. The highest BCUT2D eigenvalue weighted by Crippen LogP contribution is 2.69. The number of esters is 1. The normalized spacial score (nSPS) is 52.0. The van der Waals surface area contributed by atoms with Crippen molar-refractivity contribution in [2.75, 3.05) is 0 Å². The van der Waals surface area contributed by atoms with Gasteiger partial charge in [-0.3, -0.25) is 4.79 Å². The zero-order valence-electron chi connectivity index (χ0n) is 14.8. The Balaban J connectivity index is 1.96. The van der Waals surface area contributed by atoms with E-state index < -0.39 is 23.2 Å². The van der Waals surface area contributed by atoms with Crippen molar-refractivity contribution in [1.82, 2.24) is 0 Å². The second-order valence-corrected chi connectivity index (χ2v) is 9.28. The van der Waals surface area contributed by atoms with Crippen molar-refractivity contribution in [3.05, 3.63) is 24.3 Å². The molecule has 2 saturated carbocycles. The van der Waals surface area contributed by atoms with Crippen LogP contribution in [0, 0.1) is 22.2 Å². The number of aliphatic hydroxyl groups is 2. The van der Waals surface area contributed by atoms with Crippen molar-refractivity contribution in [3.8, 4) is 0 Å². The highest BCUT2D eigenvalue weighted by molar-refractivity contribution is 5.84. The topological polar surface area (TPSA) is 66.8 Å². The Bertz CT molecular complexity index is 650. The number of hydrogen-bond acceptors (Lipinski definition) is 4. The molecule has 0 unspecified atom stereocenters. The summed E-state index contributed by atoms with van der Waals surface area (Å²) in [4.78, 5) is 13.0. The van der Waals surface area contributed by atoms with Crippen LogP contribution in [-0.4, -0.2) is 34.0 Å². The lowest BCUT2D eigenvalue weighted by Gasteiger charge is -2.68. The van der Waals surface area contributed by atoms with Crippen molar-refractivity contribution in [2.45, 2.75) is 70.7 Å². The van der Waals surface area contributed by atoms with E-state index >= 15 is 0 Å². The van der Waals surface area contributed by atoms with Gasteiger partial charge < -0.3 is 14.9 Å². The molecule has 4 nitrogen and oxygen atoms in total. The highest BCUT2D eigenvalue weighted by atomic mass is 16.6. The molecular weight excluding hydrogens is 304 g/mol. The fraction of sp³-hybridized carbons (Fsp3) is 0.750. The molecule has 0 radical (unpaired) electrons. The van der Waals surface area contributed by atoms with Crippen molar-refractivity contribution in [2.24, 2.45) is 22.2 Å². The van der Waals surface area contributed by atoms with Gasteiger partial charge in [0.15, 0.2) is 6.10 Å². The third kappa shape index (κ3) is 1.64. The molecule has 4 fully saturated rings. The molecule has 5 rings (SSSR count). The van der Waals surface area contributed by atoms with Crippen LogP contribution in [0.4, 0.5) is 0 Å². The third-order valence-electron chi connectivity index (χ3n) is 7.51. The molecule has 5 aliphatic rings. The molecule has 2 aliphatic heterocycles. The summed E-state index contributed by atoms with van der Waals surface area (Å²) < 4.78 is 5.67. The van der Waals surface area contributed by atoms with Gasteiger partial charge in [-0.05, 0) is 31.1 Å². The van der Waals surface area contributed by atoms with Gasteiger partial charge >= 0.3 is 5.97 Å². The van der Waals surface area contributed by atoms with Crippen molar-refractivity contribution < 1.29 is 19.7 Å². The molecule has 2 bridgehead atoms. The van der Waals surface area contributed by atoms with Crippen LogP contribution in [-0.2, 0) is 9.53 Å². The lowest BCUT2D eigenvalue weighted by atomic mass is 9.40. The summed E-state index contributed by atoms with van der Waals surface area (Å²) in [6.07, 6.45) is 6.08. The minimum absolute atomic E-state index is 0.199. The molecule has 4 heteroatoms. The predicted octanol–water partition coefficient (Wildman–Crippen LogP) is 2.74. The maximum absolute atomic E-state index is 13.0. The fourth-order valence-corrected chi connectivity index (χ4v) is 6.23. The summed E-state index contributed by atoms with van der Waals surface area (Å²) in [5.74, 6) is -0.572. The van der Waals surface area contributed by atoms with Gasteiger partial charge in [-0.15, -0.1) is 6.58 Å². The zero-order chi connectivity index (χ0) is 17.5. The van der Waals surface area contributed by atoms with Crippen molar-refractivity contribution in [3.63, 3.8) is 0 Å². The number of carbonyl (C=O) groups is 1. The van der Waals surface area contributed by atoms with Crippen LogP contribution in [0.1, 0.15) is 52.9 Å². The lowest BCUT2D eigenvalue weighted by molar-refractivity contribution is -0.278. The number of rotatable bonds is 1. The van der Waals surface area contributed by atoms with Gasteiger partial charge in [0, 0.05) is 16.9 Å². The summed E-state index contributed by atoms with van der Waals surface area (Å²) >= 11 is 0. The molecular formula is C20H28O4. The van der Waals surface area contributed by atoms with E-state index in [1.807, 2.05) is 12.2 Å². The van der Waals surface area contributed by atoms with Crippen molar-refractivity contribution in [1.29, 1.82) is 0 Å². The first-order valence-electron chi connectivity index (χ1n) is 9.10. The first-order chi connectivity index (χ1) is 11.1. The van der Waals surface area contributed by atoms with Gasteiger partial charge in [-0.25, -0.2) is 0 Å². The maximum Gasteiger partial charge on any atom is 0.316 e. The summed E-state index contributed by atoms with van der Waals surface area (Å²) in [6.45, 7) is 10.2. The number of ether oxygens (including phenoxy) is 1. The second kappa shape index (κ2) is 4.53. The van der Waals surface area contributed by atoms with Crippen molar-refractivity contribution >= 4 is 5.97 Å². The quantitative estimate of drug-likeness (QED) is 0.572. The lowest BCUT2D eigenvalue weighted by Crippen LogP contribution is -2.77. The first kappa shape index (κ1) is 16.3. The standard InChI is InChI=1S/C20H28O4/c1-5-18(4)9-10-20(23)12(11-18)14-13(21)15-17(2,3)7-6-8-19(15,20)16(22)24-14/h5,11,13-15,21,23H,1,6-10H2,2-4H3/t13-,14+,15-,18-,19-,20+/m0/s1. The Morgan fingerprint density at radius 1 is 1.25 bits per heavy atom. The Morgan fingerprint density at radius 2 is 1.96 bits per heavy atom. The van der Waals surface area contributed by atoms with Crippen LogP contribution in [0.15, 0.2) is 24.3 Å². The molecule has 3 aliphatic carbocycles. The Hall–Kier alpha value is -1.13. The van der Waals surface area contributed by atoms with E-state index in [9.17, 15) is 15.0 Å². The van der Waals surface area contributed by atoms with E-state index in [1.54, 1.807) is 0 Å². The first-order valence-corrected chi connectivity index (χ1v) is 9.10. The van der Waals surface area contributed by atoms with Crippen LogP contribution in [0.2, 0.25) is 0 Å². The summed E-state index contributed by atoms with van der Waals surface area (Å²) in [5.41, 5.74) is -1.94. The number of allylic oxidation sites excluding steroid dienone is 2. The van der Waals surface area contributed by atoms with Gasteiger partial charge in [0.25, 0.3) is 0 Å². The number of carbonyl (C=O) groups excluding carboxylic acids is 1. The van der Waals surface area contributed by atoms with E-state index in [1.165, 1.54) is 0 Å². The smallest absolute Gasteiger partial charge is 0.316 e. The van der Waals surface area contributed by atoms with Crippen LogP contribution in [0.25, 0.3) is 0 Å². The minimum Gasteiger partial charge on any atom is -0.454 e. The maximum atomic E-state index is 13.0. The molecule has 1 spiro atoms. The van der Waals surface area contributed by atoms with E-state index in [4.69, 9.17) is 4.74 Å². The predicted molar refractivity (Wildman–Crippen MR) is 90.0 cm³/mol. The van der Waals surface area contributed by atoms with Gasteiger partial charge in [0.1, 0.15) is 11.0 Å². The number of aliphatic hydroxyl groups excluding tert-OH is 1. The molecule has 0 aromatic carbocycles. The number of hydrogen-bond donors (Lipinski definition) is 2. The average molecular weight is 332 g/mol. The zero-order valence-corrected chi connectivity index (χ0v) is 14.8. The molecule has 2 heterocycles. The Kier molecular flexibility index (Phi) is 3.08. The van der Waals surface area contributed by atoms with Gasteiger partial charge in [0.2, 0.25) is 0 Å². The average Bonchev–Trinajstić information content (AvgIpc) is 2.51. The Morgan fingerprint density at radius 3 is 2.62 bits per heavy atom. The van der Waals surface area contributed by atoms with E-state index in [2.05, 4.69) is 27.4 Å². The molecule has 6 atom stereocenters. The third-order valence-corrected chi connectivity index (χ3v) is 7.51. The monoisotopic (exact) mass is 332 g/mol. The van der Waals surface area contributed by atoms with E-state index in [0.29, 0.717) is 18.4 Å². The Labute approximate surface area is 143 Å². The summed E-state index contributed by atoms with van der Waals surface area (Å²) in [7, 11) is 0. The molecule has 0 aromatic heterocycles. The number of fused-ring (bicyclic) bond motifs is 1. The van der Waals surface area contributed by atoms with Crippen LogP contribution in [0.5, 0.6) is 0 Å². The molecule has 132 valence electrons. The van der Waals surface area contributed by atoms with Gasteiger partial charge in [-0.1, -0.05) is 39.3 Å². The summed E-state index contributed by atoms with van der Waals surface area (Å²) in [6, 6.07) is 0. The van der Waals surface area contributed by atoms with Gasteiger partial charge in [-0.2, -0.15) is 0 Å². The molecule has 0 amide bonds. The highest BCUT2D eigenvalue weighted by Gasteiger charge is 2.77. The van der Waals surface area contributed by atoms with E-state index in [-0.39, 0.29) is 22.7 Å². The summed E-state index contributed by atoms with van der Waals surface area (Å²) in [5, 5.41) is 22.9. The molecule has 2 saturated heterocycles. The minimum atomic E-state index is -1.20. The second-order valence-electron chi connectivity index (χ2n) is 9.28. The molecule has 2 N–H and O–H groups in total. The SMILES string of the molecule is C=C[C@]1(C)C=C2[C@H]3OC(=O)[C@@]4(CCCC(C)(C)[C@@H]4[C@H]3O)[C@@]2(O)CC1. The molecule has 0 aromatic rings. The fourth-order valence-electron chi connectivity index (χ4n) is 6.23. The largest absolute Gasteiger partial charge is 0.454 e. The van der Waals surface area contributed by atoms with E-state index in [0.717, 1.165) is 19.3 Å². The van der Waals surface area contributed by atoms with Crippen LogP contribution >= 0.6 is 0 Å².